The molecule has 2 aromatic carbocycles. The average molecular weight is 353 g/mol. The van der Waals surface area contributed by atoms with Crippen molar-refractivity contribution >= 4 is 33.2 Å². The highest BCUT2D eigenvalue weighted by molar-refractivity contribution is 9.10. The van der Waals surface area contributed by atoms with Crippen LogP contribution < -0.4 is 5.32 Å². The smallest absolute Gasteiger partial charge is 0.284 e. The predicted molar refractivity (Wildman–Crippen MR) is 79.9 cm³/mol. The summed E-state index contributed by atoms with van der Waals surface area (Å²) in [6.45, 7) is 1.73. The Labute approximate surface area is 128 Å². The third-order valence-corrected chi connectivity index (χ3v) is 3.45. The molecule has 0 saturated carbocycles. The molecule has 0 aliphatic rings. The van der Waals surface area contributed by atoms with E-state index in [1.807, 2.05) is 0 Å². The molecule has 0 unspecified atom stereocenters. The molecule has 0 radical (unpaired) electrons. The largest absolute Gasteiger partial charge is 0.319 e. The van der Waals surface area contributed by atoms with Gasteiger partial charge in [-0.1, -0.05) is 6.07 Å². The van der Waals surface area contributed by atoms with Crippen LogP contribution in [0, 0.1) is 22.9 Å². The molecule has 21 heavy (non-hydrogen) atoms. The van der Waals surface area contributed by atoms with Gasteiger partial charge in [0.05, 0.1) is 15.1 Å². The Bertz CT molecular complexity index is 734. The number of carbonyl (C=O) groups is 1. The minimum Gasteiger partial charge on any atom is -0.319 e. The van der Waals surface area contributed by atoms with E-state index in [-0.39, 0.29) is 21.4 Å². The monoisotopic (exact) mass is 352 g/mol. The molecule has 1 amide bonds. The third-order valence-electron chi connectivity index (χ3n) is 2.78. The Morgan fingerprint density at radius 2 is 2.00 bits per heavy atom. The Morgan fingerprint density at radius 1 is 1.29 bits per heavy atom. The van der Waals surface area contributed by atoms with Crippen molar-refractivity contribution in [1.82, 2.24) is 0 Å². The van der Waals surface area contributed by atoms with E-state index in [4.69, 9.17) is 0 Å². The fourth-order valence-electron chi connectivity index (χ4n) is 1.71. The normalized spacial score (nSPS) is 10.2. The quantitative estimate of drug-likeness (QED) is 0.668. The summed E-state index contributed by atoms with van der Waals surface area (Å²) in [4.78, 5) is 22.2. The molecule has 2 rings (SSSR count). The Hall–Kier alpha value is -2.28. The minimum absolute atomic E-state index is 0.0242. The molecule has 0 aliphatic heterocycles. The molecule has 0 bridgehead atoms. The molecule has 0 spiro atoms. The van der Waals surface area contributed by atoms with Crippen LogP contribution in [0.25, 0.3) is 0 Å². The number of benzene rings is 2. The maximum Gasteiger partial charge on any atom is 0.284 e. The second-order valence-corrected chi connectivity index (χ2v) is 5.22. The lowest BCUT2D eigenvalue weighted by Gasteiger charge is -2.07. The van der Waals surface area contributed by atoms with Crippen LogP contribution in [0.1, 0.15) is 15.9 Å². The lowest BCUT2D eigenvalue weighted by Crippen LogP contribution is -2.13. The van der Waals surface area contributed by atoms with Crippen LogP contribution in [0.4, 0.5) is 15.8 Å². The minimum atomic E-state index is -0.617. The summed E-state index contributed by atoms with van der Waals surface area (Å²) >= 11 is 3.03. The fourth-order valence-corrected chi connectivity index (χ4v) is 2.10. The van der Waals surface area contributed by atoms with Crippen molar-refractivity contribution in [2.24, 2.45) is 0 Å². The lowest BCUT2D eigenvalue weighted by molar-refractivity contribution is -0.385. The third kappa shape index (κ3) is 3.43. The molecule has 0 saturated heterocycles. The molecule has 0 heterocycles. The van der Waals surface area contributed by atoms with Crippen molar-refractivity contribution in [3.63, 3.8) is 0 Å². The van der Waals surface area contributed by atoms with Crippen molar-refractivity contribution in [2.45, 2.75) is 6.92 Å². The van der Waals surface area contributed by atoms with E-state index in [1.54, 1.807) is 13.0 Å². The first-order chi connectivity index (χ1) is 9.88. The fraction of sp³-hybridized carbons (Fsp3) is 0.0714. The van der Waals surface area contributed by atoms with E-state index < -0.39 is 16.6 Å². The molecule has 108 valence electrons. The Balaban J connectivity index is 2.28. The number of carbonyl (C=O) groups excluding carboxylic acids is 1. The molecule has 1 N–H and O–H groups in total. The summed E-state index contributed by atoms with van der Waals surface area (Å²) < 4.78 is 13.9. The number of nitro groups is 1. The van der Waals surface area contributed by atoms with Gasteiger partial charge in [0.15, 0.2) is 0 Å². The number of rotatable bonds is 3. The summed E-state index contributed by atoms with van der Waals surface area (Å²) in [5, 5.41) is 13.2. The van der Waals surface area contributed by atoms with Crippen LogP contribution >= 0.6 is 15.9 Å². The number of nitrogens with zero attached hydrogens (tertiary/aromatic N) is 1. The highest BCUT2D eigenvalue weighted by Gasteiger charge is 2.16. The molecule has 0 fully saturated rings. The van der Waals surface area contributed by atoms with Gasteiger partial charge in [0.25, 0.3) is 11.6 Å². The Morgan fingerprint density at radius 3 is 2.62 bits per heavy atom. The van der Waals surface area contributed by atoms with Gasteiger partial charge >= 0.3 is 0 Å². The first-order valence-corrected chi connectivity index (χ1v) is 6.69. The summed E-state index contributed by atoms with van der Waals surface area (Å²) in [5.41, 5.74) is 0.595. The zero-order chi connectivity index (χ0) is 15.6. The molecule has 0 atom stereocenters. The standard InChI is InChI=1S/C14H10BrFN2O3/c1-8-2-5-12(11(16)6-8)17-14(19)9-3-4-10(15)13(7-9)18(20)21/h2-7H,1H3,(H,17,19). The summed E-state index contributed by atoms with van der Waals surface area (Å²) in [6, 6.07) is 8.33. The topological polar surface area (TPSA) is 72.2 Å². The molecule has 2 aromatic rings. The maximum absolute atomic E-state index is 13.7. The highest BCUT2D eigenvalue weighted by atomic mass is 79.9. The van der Waals surface area contributed by atoms with Gasteiger partial charge in [-0.2, -0.15) is 0 Å². The van der Waals surface area contributed by atoms with Crippen molar-refractivity contribution < 1.29 is 14.1 Å². The number of hydrogen-bond acceptors (Lipinski definition) is 3. The molecule has 0 aliphatic carbocycles. The van der Waals surface area contributed by atoms with Gasteiger partial charge in [0, 0.05) is 11.6 Å². The van der Waals surface area contributed by atoms with Crippen LogP contribution in [-0.4, -0.2) is 10.8 Å². The first-order valence-electron chi connectivity index (χ1n) is 5.90. The Kier molecular flexibility index (Phi) is 4.32. The number of anilines is 1. The number of amides is 1. The zero-order valence-corrected chi connectivity index (χ0v) is 12.5. The van der Waals surface area contributed by atoms with Crippen molar-refractivity contribution in [3.8, 4) is 0 Å². The maximum atomic E-state index is 13.7. The van der Waals surface area contributed by atoms with Crippen LogP contribution in [0.3, 0.4) is 0 Å². The van der Waals surface area contributed by atoms with Gasteiger partial charge in [-0.3, -0.25) is 14.9 Å². The van der Waals surface area contributed by atoms with E-state index in [2.05, 4.69) is 21.2 Å². The van der Waals surface area contributed by atoms with E-state index in [0.717, 1.165) is 11.6 Å². The van der Waals surface area contributed by atoms with E-state index in [0.29, 0.717) is 0 Å². The number of aryl methyl sites for hydroxylation is 1. The molecule has 5 nitrogen and oxygen atoms in total. The van der Waals surface area contributed by atoms with Gasteiger partial charge in [0.1, 0.15) is 5.82 Å². The summed E-state index contributed by atoms with van der Waals surface area (Å²) in [6.07, 6.45) is 0. The van der Waals surface area contributed by atoms with E-state index in [9.17, 15) is 19.3 Å². The number of halogens is 2. The average Bonchev–Trinajstić information content (AvgIpc) is 2.42. The lowest BCUT2D eigenvalue weighted by atomic mass is 10.1. The first kappa shape index (κ1) is 15.1. The van der Waals surface area contributed by atoms with Gasteiger partial charge in [-0.25, -0.2) is 4.39 Å². The number of hydrogen-bond donors (Lipinski definition) is 1. The van der Waals surface area contributed by atoms with Gasteiger partial charge in [-0.05, 0) is 52.7 Å². The SMILES string of the molecule is Cc1ccc(NC(=O)c2ccc(Br)c([N+](=O)[O-])c2)c(F)c1. The van der Waals surface area contributed by atoms with E-state index in [1.165, 1.54) is 24.3 Å². The summed E-state index contributed by atoms with van der Waals surface area (Å²) in [7, 11) is 0. The van der Waals surface area contributed by atoms with Gasteiger partial charge < -0.3 is 5.32 Å². The zero-order valence-electron chi connectivity index (χ0n) is 10.9. The van der Waals surface area contributed by atoms with Crippen molar-refractivity contribution in [1.29, 1.82) is 0 Å². The van der Waals surface area contributed by atoms with Gasteiger partial charge in [0.2, 0.25) is 0 Å². The summed E-state index contributed by atoms with van der Waals surface area (Å²) in [5.74, 6) is -1.18. The highest BCUT2D eigenvalue weighted by Crippen LogP contribution is 2.26. The van der Waals surface area contributed by atoms with Crippen LogP contribution in [0.5, 0.6) is 0 Å². The van der Waals surface area contributed by atoms with Crippen molar-refractivity contribution in [3.05, 3.63) is 67.9 Å². The molecule has 7 heteroatoms. The second-order valence-electron chi connectivity index (χ2n) is 4.36. The second kappa shape index (κ2) is 6.01. The van der Waals surface area contributed by atoms with E-state index >= 15 is 0 Å². The molecular formula is C14H10BrFN2O3. The predicted octanol–water partition coefficient (Wildman–Crippen LogP) is 4.06. The molecular weight excluding hydrogens is 343 g/mol. The molecule has 0 aromatic heterocycles. The van der Waals surface area contributed by atoms with Crippen LogP contribution in [0.15, 0.2) is 40.9 Å². The van der Waals surface area contributed by atoms with Crippen LogP contribution in [-0.2, 0) is 0 Å². The number of nitro benzene ring substituents is 1. The van der Waals surface area contributed by atoms with Crippen molar-refractivity contribution in [2.75, 3.05) is 5.32 Å². The van der Waals surface area contributed by atoms with Crippen LogP contribution in [0.2, 0.25) is 0 Å². The van der Waals surface area contributed by atoms with Gasteiger partial charge in [-0.15, -0.1) is 0 Å². The number of nitrogens with one attached hydrogen (secondary N) is 1.